The smallest absolute Gasteiger partial charge is 0.247 e. The van der Waals surface area contributed by atoms with E-state index in [4.69, 9.17) is 0 Å². The van der Waals surface area contributed by atoms with E-state index in [1.807, 2.05) is 30.3 Å². The van der Waals surface area contributed by atoms with Crippen LogP contribution in [-0.2, 0) is 30.9 Å². The number of rotatable bonds is 13. The maximum absolute atomic E-state index is 13.7. The van der Waals surface area contributed by atoms with Gasteiger partial charge in [0.2, 0.25) is 5.91 Å². The van der Waals surface area contributed by atoms with Gasteiger partial charge in [-0.05, 0) is 61.6 Å². The highest BCUT2D eigenvalue weighted by Crippen LogP contribution is 2.31. The maximum Gasteiger partial charge on any atom is 0.247 e. The molecular formula is C27H31NO7S2. The fourth-order valence-electron chi connectivity index (χ4n) is 4.32. The van der Waals surface area contributed by atoms with Gasteiger partial charge in [-0.15, -0.1) is 0 Å². The number of hydroxylamine groups is 1. The molecule has 3 aromatic rings. The van der Waals surface area contributed by atoms with Crippen LogP contribution in [0.15, 0.2) is 94.7 Å². The van der Waals surface area contributed by atoms with Crippen LogP contribution in [0.2, 0.25) is 0 Å². The van der Waals surface area contributed by atoms with Crippen LogP contribution >= 0.6 is 0 Å². The first-order valence-electron chi connectivity index (χ1n) is 11.9. The minimum Gasteiger partial charge on any atom is -0.508 e. The third-order valence-electron chi connectivity index (χ3n) is 6.29. The molecule has 0 heterocycles. The summed E-state index contributed by atoms with van der Waals surface area (Å²) in [6.45, 7) is 0. The second-order valence-electron chi connectivity index (χ2n) is 8.82. The molecule has 0 radical (unpaired) electrons. The summed E-state index contributed by atoms with van der Waals surface area (Å²) in [5.74, 6) is -3.04. The van der Waals surface area contributed by atoms with Crippen LogP contribution < -0.4 is 5.48 Å². The van der Waals surface area contributed by atoms with E-state index in [2.05, 4.69) is 0 Å². The van der Waals surface area contributed by atoms with E-state index in [-0.39, 0.29) is 28.4 Å². The zero-order valence-electron chi connectivity index (χ0n) is 20.2. The lowest BCUT2D eigenvalue weighted by Gasteiger charge is -2.26. The number of nitrogens with one attached hydrogen (secondary N) is 1. The molecule has 0 aliphatic rings. The fraction of sp³-hybridized carbons (Fsp3) is 0.296. The number of sulfone groups is 2. The predicted molar refractivity (Wildman–Crippen MR) is 140 cm³/mol. The summed E-state index contributed by atoms with van der Waals surface area (Å²) in [7, 11) is -7.99. The minimum absolute atomic E-state index is 0.0633. The average molecular weight is 546 g/mol. The molecule has 0 saturated carbocycles. The number of carbonyl (C=O) groups is 1. The van der Waals surface area contributed by atoms with Crippen molar-refractivity contribution in [3.05, 3.63) is 90.5 Å². The van der Waals surface area contributed by atoms with Crippen molar-refractivity contribution in [2.45, 2.75) is 47.1 Å². The van der Waals surface area contributed by atoms with Crippen LogP contribution in [0, 0.1) is 5.92 Å². The Morgan fingerprint density at radius 2 is 1.41 bits per heavy atom. The third-order valence-corrected chi connectivity index (χ3v) is 10.3. The Morgan fingerprint density at radius 1 is 0.784 bits per heavy atom. The number of aromatic hydroxyl groups is 1. The van der Waals surface area contributed by atoms with E-state index in [9.17, 15) is 31.9 Å². The van der Waals surface area contributed by atoms with Gasteiger partial charge in [-0.1, -0.05) is 61.0 Å². The summed E-state index contributed by atoms with van der Waals surface area (Å²) < 4.78 is 53.1. The number of amides is 1. The standard InChI is InChI=1S/C27H31NO7S2/c29-22-13-9-16-24(20-22)37(34,35)26(17-8-7-12-21-10-3-1-4-11-21)25(27(30)28-31)18-19-36(32,33)23-14-5-2-6-15-23/h1-6,9-11,13-16,20,25-26,29,31H,7-8,12,17-19H2,(H,28,30)/t25-,26-/m1/s1. The molecule has 3 aromatic carbocycles. The molecule has 0 bridgehead atoms. The Labute approximate surface area is 217 Å². The summed E-state index contributed by atoms with van der Waals surface area (Å²) >= 11 is 0. The number of benzene rings is 3. The lowest BCUT2D eigenvalue weighted by molar-refractivity contribution is -0.133. The molecule has 0 spiro atoms. The fourth-order valence-corrected chi connectivity index (χ4v) is 7.77. The lowest BCUT2D eigenvalue weighted by atomic mass is 9.96. The summed E-state index contributed by atoms with van der Waals surface area (Å²) in [4.78, 5) is 12.6. The Hall–Kier alpha value is -3.21. The summed E-state index contributed by atoms with van der Waals surface area (Å²) in [6, 6.07) is 22.5. The number of hydrogen-bond donors (Lipinski definition) is 3. The third kappa shape index (κ3) is 7.64. The molecule has 0 unspecified atom stereocenters. The van der Waals surface area contributed by atoms with Gasteiger partial charge in [-0.2, -0.15) is 0 Å². The molecular weight excluding hydrogens is 514 g/mol. The van der Waals surface area contributed by atoms with Crippen molar-refractivity contribution in [2.75, 3.05) is 5.75 Å². The van der Waals surface area contributed by atoms with Crippen molar-refractivity contribution in [2.24, 2.45) is 5.92 Å². The van der Waals surface area contributed by atoms with Gasteiger partial charge in [0.25, 0.3) is 0 Å². The molecule has 0 aliphatic carbocycles. The molecule has 0 aromatic heterocycles. The number of phenolic OH excluding ortho intramolecular Hbond substituents is 1. The van der Waals surface area contributed by atoms with E-state index in [0.29, 0.717) is 19.3 Å². The normalized spacial score (nSPS) is 13.5. The largest absolute Gasteiger partial charge is 0.508 e. The van der Waals surface area contributed by atoms with Crippen LogP contribution in [0.1, 0.15) is 31.2 Å². The van der Waals surface area contributed by atoms with Gasteiger partial charge in [-0.25, -0.2) is 22.3 Å². The first kappa shape index (κ1) is 28.4. The zero-order valence-corrected chi connectivity index (χ0v) is 21.9. The number of unbranched alkanes of at least 4 members (excludes halogenated alkanes) is 1. The van der Waals surface area contributed by atoms with Gasteiger partial charge in [0, 0.05) is 0 Å². The number of aryl methyl sites for hydroxylation is 1. The SMILES string of the molecule is O=C(NO)[C@H](CCS(=O)(=O)c1ccccc1)[C@@H](CCCCc1ccccc1)S(=O)(=O)c1cccc(O)c1. The van der Waals surface area contributed by atoms with E-state index in [1.165, 1.54) is 35.8 Å². The van der Waals surface area contributed by atoms with Gasteiger partial charge < -0.3 is 5.11 Å². The molecule has 1 amide bonds. The Balaban J connectivity index is 1.88. The van der Waals surface area contributed by atoms with Crippen molar-refractivity contribution in [1.29, 1.82) is 0 Å². The average Bonchev–Trinajstić information content (AvgIpc) is 2.90. The minimum atomic E-state index is -4.18. The summed E-state index contributed by atoms with van der Waals surface area (Å²) in [6.07, 6.45) is 1.54. The van der Waals surface area contributed by atoms with Crippen molar-refractivity contribution in [3.8, 4) is 5.75 Å². The van der Waals surface area contributed by atoms with Crippen molar-refractivity contribution >= 4 is 25.6 Å². The molecule has 37 heavy (non-hydrogen) atoms. The van der Waals surface area contributed by atoms with E-state index >= 15 is 0 Å². The molecule has 198 valence electrons. The van der Waals surface area contributed by atoms with Crippen molar-refractivity contribution < 1.29 is 31.9 Å². The topological polar surface area (TPSA) is 138 Å². The van der Waals surface area contributed by atoms with Crippen LogP contribution in [0.5, 0.6) is 5.75 Å². The Kier molecular flexibility index (Phi) is 9.85. The first-order valence-corrected chi connectivity index (χ1v) is 15.1. The molecule has 10 heteroatoms. The lowest BCUT2D eigenvalue weighted by Crippen LogP contribution is -2.41. The first-order chi connectivity index (χ1) is 17.6. The molecule has 0 fully saturated rings. The summed E-state index contributed by atoms with van der Waals surface area (Å²) in [5, 5.41) is 18.0. The molecule has 3 N–H and O–H groups in total. The van der Waals surface area contributed by atoms with E-state index in [1.54, 1.807) is 18.2 Å². The van der Waals surface area contributed by atoms with Crippen LogP contribution in [0.25, 0.3) is 0 Å². The monoisotopic (exact) mass is 545 g/mol. The molecule has 2 atom stereocenters. The molecule has 8 nitrogen and oxygen atoms in total. The van der Waals surface area contributed by atoms with Crippen LogP contribution in [0.3, 0.4) is 0 Å². The Bertz CT molecular complexity index is 1380. The number of phenols is 1. The Morgan fingerprint density at radius 3 is 2.03 bits per heavy atom. The van der Waals surface area contributed by atoms with Gasteiger partial charge >= 0.3 is 0 Å². The number of hydrogen-bond acceptors (Lipinski definition) is 7. The van der Waals surface area contributed by atoms with Gasteiger partial charge in [-0.3, -0.25) is 10.0 Å². The summed E-state index contributed by atoms with van der Waals surface area (Å²) in [5.41, 5.74) is 2.62. The van der Waals surface area contributed by atoms with Gasteiger partial charge in [0.1, 0.15) is 5.75 Å². The van der Waals surface area contributed by atoms with Crippen molar-refractivity contribution in [3.63, 3.8) is 0 Å². The molecule has 3 rings (SSSR count). The van der Waals surface area contributed by atoms with E-state index in [0.717, 1.165) is 11.6 Å². The second kappa shape index (κ2) is 12.8. The predicted octanol–water partition coefficient (Wildman–Crippen LogP) is 3.93. The van der Waals surface area contributed by atoms with Gasteiger partial charge in [0.15, 0.2) is 19.7 Å². The highest BCUT2D eigenvalue weighted by atomic mass is 32.2. The second-order valence-corrected chi connectivity index (χ2v) is 13.1. The molecule has 0 aliphatic heterocycles. The van der Waals surface area contributed by atoms with Crippen LogP contribution in [-0.4, -0.2) is 44.1 Å². The quantitative estimate of drug-likeness (QED) is 0.168. The van der Waals surface area contributed by atoms with Gasteiger partial charge in [0.05, 0.1) is 26.7 Å². The number of carbonyl (C=O) groups excluding carboxylic acids is 1. The van der Waals surface area contributed by atoms with E-state index < -0.39 is 42.5 Å². The highest BCUT2D eigenvalue weighted by Gasteiger charge is 2.39. The zero-order chi connectivity index (χ0) is 26.9. The maximum atomic E-state index is 13.7. The highest BCUT2D eigenvalue weighted by molar-refractivity contribution is 7.92. The van der Waals surface area contributed by atoms with Crippen molar-refractivity contribution in [1.82, 2.24) is 5.48 Å². The van der Waals surface area contributed by atoms with Crippen LogP contribution in [0.4, 0.5) is 0 Å². The molecule has 0 saturated heterocycles.